The number of aliphatic hydroxyl groups excluding tert-OH is 1. The van der Waals surface area contributed by atoms with Crippen LogP contribution in [0, 0.1) is 17.3 Å². The van der Waals surface area contributed by atoms with Crippen molar-refractivity contribution in [3.05, 3.63) is 65.2 Å². The summed E-state index contributed by atoms with van der Waals surface area (Å²) in [4.78, 5) is 11.5. The molecule has 0 bridgehead atoms. The first-order valence-corrected chi connectivity index (χ1v) is 11.6. The van der Waals surface area contributed by atoms with Crippen LogP contribution in [0.2, 0.25) is 0 Å². The summed E-state index contributed by atoms with van der Waals surface area (Å²) in [5, 5.41) is 11.0. The van der Waals surface area contributed by atoms with Crippen LogP contribution in [0.25, 0.3) is 0 Å². The molecule has 6 atom stereocenters. The van der Waals surface area contributed by atoms with Crippen LogP contribution in [0.4, 0.5) is 0 Å². The highest BCUT2D eigenvalue weighted by Crippen LogP contribution is 2.61. The van der Waals surface area contributed by atoms with E-state index in [1.165, 1.54) is 23.6 Å². The third kappa shape index (κ3) is 3.65. The van der Waals surface area contributed by atoms with Crippen molar-refractivity contribution in [2.45, 2.75) is 70.7 Å². The fourth-order valence-electron chi connectivity index (χ4n) is 6.68. The van der Waals surface area contributed by atoms with Gasteiger partial charge >= 0.3 is 5.97 Å². The number of carbonyl (C=O) groups is 1. The molecule has 2 fully saturated rings. The SMILES string of the molecule is CC(=O)O[C@@H]1CC2C3CCc4cc(OCc5ccccc5)ccc4C3CC[C@]2(C)[C@H]1O. The number of carbonyl (C=O) groups excluding carboxylic acids is 1. The van der Waals surface area contributed by atoms with Crippen LogP contribution in [0.5, 0.6) is 5.75 Å². The van der Waals surface area contributed by atoms with E-state index in [9.17, 15) is 9.90 Å². The third-order valence-electron chi connectivity index (χ3n) is 8.22. The van der Waals surface area contributed by atoms with Gasteiger partial charge in [-0.2, -0.15) is 0 Å². The molecule has 0 radical (unpaired) electrons. The van der Waals surface area contributed by atoms with E-state index in [0.717, 1.165) is 37.9 Å². The molecule has 0 spiro atoms. The minimum Gasteiger partial charge on any atom is -0.489 e. The Labute approximate surface area is 184 Å². The first-order chi connectivity index (χ1) is 15.0. The molecule has 4 heteroatoms. The maximum Gasteiger partial charge on any atom is 0.302 e. The molecule has 0 aromatic heterocycles. The van der Waals surface area contributed by atoms with Crippen molar-refractivity contribution in [3.8, 4) is 5.75 Å². The van der Waals surface area contributed by atoms with Crippen LogP contribution in [-0.2, 0) is 22.6 Å². The Morgan fingerprint density at radius 2 is 1.97 bits per heavy atom. The van der Waals surface area contributed by atoms with Crippen molar-refractivity contribution in [1.82, 2.24) is 0 Å². The molecule has 5 rings (SSSR count). The van der Waals surface area contributed by atoms with E-state index < -0.39 is 6.10 Å². The average molecular weight is 421 g/mol. The summed E-state index contributed by atoms with van der Waals surface area (Å²) in [6.07, 6.45) is 4.09. The quantitative estimate of drug-likeness (QED) is 0.706. The van der Waals surface area contributed by atoms with Crippen LogP contribution in [0.1, 0.15) is 62.1 Å². The molecule has 3 aliphatic carbocycles. The predicted molar refractivity (Wildman–Crippen MR) is 119 cm³/mol. The number of fused-ring (bicyclic) bond motifs is 5. The van der Waals surface area contributed by atoms with Crippen LogP contribution in [-0.4, -0.2) is 23.3 Å². The minimum absolute atomic E-state index is 0.155. The van der Waals surface area contributed by atoms with Crippen molar-refractivity contribution >= 4 is 5.97 Å². The highest BCUT2D eigenvalue weighted by atomic mass is 16.6. The summed E-state index contributed by atoms with van der Waals surface area (Å²) in [6, 6.07) is 16.9. The molecule has 0 aliphatic heterocycles. The van der Waals surface area contributed by atoms with Crippen molar-refractivity contribution in [1.29, 1.82) is 0 Å². The van der Waals surface area contributed by atoms with Gasteiger partial charge in [-0.05, 0) is 78.7 Å². The van der Waals surface area contributed by atoms with Gasteiger partial charge in [0.15, 0.2) is 0 Å². The normalized spacial score (nSPS) is 33.7. The molecule has 2 aromatic rings. The van der Waals surface area contributed by atoms with Crippen LogP contribution in [0.15, 0.2) is 48.5 Å². The molecular formula is C27H32O4. The number of ether oxygens (including phenoxy) is 2. The molecule has 3 unspecified atom stereocenters. The summed E-state index contributed by atoms with van der Waals surface area (Å²) in [7, 11) is 0. The highest BCUT2D eigenvalue weighted by molar-refractivity contribution is 5.66. The van der Waals surface area contributed by atoms with Crippen molar-refractivity contribution in [3.63, 3.8) is 0 Å². The Kier molecular flexibility index (Phi) is 5.29. The van der Waals surface area contributed by atoms with E-state index in [-0.39, 0.29) is 17.5 Å². The van der Waals surface area contributed by atoms with E-state index in [4.69, 9.17) is 9.47 Å². The van der Waals surface area contributed by atoms with Gasteiger partial charge in [-0.3, -0.25) is 4.79 Å². The zero-order chi connectivity index (χ0) is 21.6. The molecular weight excluding hydrogens is 388 g/mol. The first-order valence-electron chi connectivity index (χ1n) is 11.6. The molecule has 2 aromatic carbocycles. The Morgan fingerprint density at radius 1 is 1.16 bits per heavy atom. The number of aliphatic hydroxyl groups is 1. The lowest BCUT2D eigenvalue weighted by atomic mass is 9.55. The predicted octanol–water partition coefficient (Wildman–Crippen LogP) is 5.02. The summed E-state index contributed by atoms with van der Waals surface area (Å²) < 4.78 is 11.6. The highest BCUT2D eigenvalue weighted by Gasteiger charge is 2.59. The fourth-order valence-corrected chi connectivity index (χ4v) is 6.68. The van der Waals surface area contributed by atoms with Gasteiger partial charge in [0.2, 0.25) is 0 Å². The maximum absolute atomic E-state index is 11.5. The molecule has 1 N–H and O–H groups in total. The van der Waals surface area contributed by atoms with Gasteiger partial charge in [-0.1, -0.05) is 43.3 Å². The number of rotatable bonds is 4. The molecule has 2 saturated carbocycles. The van der Waals surface area contributed by atoms with Gasteiger partial charge in [0.25, 0.3) is 0 Å². The van der Waals surface area contributed by atoms with Gasteiger partial charge in [-0.15, -0.1) is 0 Å². The lowest BCUT2D eigenvalue weighted by molar-refractivity contribution is -0.153. The first kappa shape index (κ1) is 20.6. The lowest BCUT2D eigenvalue weighted by Crippen LogP contribution is -2.45. The molecule has 0 amide bonds. The topological polar surface area (TPSA) is 55.8 Å². The Bertz CT molecular complexity index is 955. The number of esters is 1. The lowest BCUT2D eigenvalue weighted by Gasteiger charge is -2.49. The number of benzene rings is 2. The standard InChI is InChI=1S/C27H32O4/c1-17(28)31-25-15-24-23-10-8-19-14-20(30-16-18-6-4-3-5-7-18)9-11-21(19)22(23)12-13-27(24,2)26(25)29/h3-7,9,11,14,22-26,29H,8,10,12-13,15-16H2,1-2H3/t22?,23?,24?,25-,26+,27+/m1/s1. The van der Waals surface area contributed by atoms with E-state index >= 15 is 0 Å². The van der Waals surface area contributed by atoms with Gasteiger partial charge in [0, 0.05) is 12.3 Å². The molecule has 3 aliphatic rings. The fraction of sp³-hybridized carbons (Fsp3) is 0.519. The van der Waals surface area contributed by atoms with Crippen molar-refractivity contribution in [2.24, 2.45) is 17.3 Å². The van der Waals surface area contributed by atoms with Gasteiger partial charge < -0.3 is 14.6 Å². The van der Waals surface area contributed by atoms with Gasteiger partial charge in [-0.25, -0.2) is 0 Å². The zero-order valence-electron chi connectivity index (χ0n) is 18.4. The second-order valence-electron chi connectivity index (χ2n) is 9.92. The molecule has 0 heterocycles. The monoisotopic (exact) mass is 420 g/mol. The number of aryl methyl sites for hydroxylation is 1. The third-order valence-corrected chi connectivity index (χ3v) is 8.22. The smallest absolute Gasteiger partial charge is 0.302 e. The van der Waals surface area contributed by atoms with Gasteiger partial charge in [0.05, 0.1) is 6.10 Å². The Hall–Kier alpha value is -2.33. The van der Waals surface area contributed by atoms with E-state index in [0.29, 0.717) is 24.4 Å². The summed E-state index contributed by atoms with van der Waals surface area (Å²) >= 11 is 0. The number of hydrogen-bond acceptors (Lipinski definition) is 4. The Morgan fingerprint density at radius 3 is 2.74 bits per heavy atom. The van der Waals surface area contributed by atoms with Crippen LogP contribution < -0.4 is 4.74 Å². The largest absolute Gasteiger partial charge is 0.489 e. The molecule has 0 saturated heterocycles. The van der Waals surface area contributed by atoms with Crippen LogP contribution >= 0.6 is 0 Å². The second-order valence-corrected chi connectivity index (χ2v) is 9.92. The second kappa shape index (κ2) is 7.98. The summed E-state index contributed by atoms with van der Waals surface area (Å²) in [6.45, 7) is 4.23. The van der Waals surface area contributed by atoms with Crippen molar-refractivity contribution in [2.75, 3.05) is 0 Å². The van der Waals surface area contributed by atoms with Gasteiger partial charge in [0.1, 0.15) is 18.5 Å². The molecule has 164 valence electrons. The van der Waals surface area contributed by atoms with E-state index in [1.807, 2.05) is 18.2 Å². The summed E-state index contributed by atoms with van der Waals surface area (Å²) in [5.74, 6) is 2.10. The van der Waals surface area contributed by atoms with E-state index in [1.54, 1.807) is 0 Å². The summed E-state index contributed by atoms with van der Waals surface area (Å²) in [5.41, 5.74) is 3.88. The zero-order valence-corrected chi connectivity index (χ0v) is 18.4. The minimum atomic E-state index is -0.558. The molecule has 31 heavy (non-hydrogen) atoms. The average Bonchev–Trinajstić information content (AvgIpc) is 3.02. The molecule has 4 nitrogen and oxygen atoms in total. The van der Waals surface area contributed by atoms with E-state index in [2.05, 4.69) is 37.3 Å². The maximum atomic E-state index is 11.5. The number of hydrogen-bond donors (Lipinski definition) is 1. The van der Waals surface area contributed by atoms with Crippen LogP contribution in [0.3, 0.4) is 0 Å². The Balaban J connectivity index is 1.33. The van der Waals surface area contributed by atoms with Crippen molar-refractivity contribution < 1.29 is 19.4 Å².